The largest absolute Gasteiger partial charge is 0.492 e. The molecule has 1 N–H and O–H groups in total. The summed E-state index contributed by atoms with van der Waals surface area (Å²) in [5.74, 6) is 1.03. The number of nitrogens with one attached hydrogen (secondary N) is 1. The molecule has 0 aliphatic carbocycles. The Morgan fingerprint density at radius 2 is 1.96 bits per heavy atom. The second-order valence-corrected chi connectivity index (χ2v) is 7.61. The first-order chi connectivity index (χ1) is 13.5. The number of aromatic nitrogens is 1. The van der Waals surface area contributed by atoms with Gasteiger partial charge in [0.05, 0.1) is 23.5 Å². The summed E-state index contributed by atoms with van der Waals surface area (Å²) in [4.78, 5) is 21.1. The smallest absolute Gasteiger partial charge is 0.225 e. The van der Waals surface area contributed by atoms with Crippen LogP contribution in [0.25, 0.3) is 0 Å². The standard InChI is InChI=1S/C20H24Cl2N4O2/c1-25-8-10-26(11-9-25)16-5-7-19(23-14-16)24-20(27)3-2-12-28-18-6-4-15(21)13-17(18)22/h4-7,13-14H,2-3,8-12H2,1H3,(H,23,24,27). The van der Waals surface area contributed by atoms with Gasteiger partial charge in [-0.1, -0.05) is 23.2 Å². The summed E-state index contributed by atoms with van der Waals surface area (Å²) in [6.45, 7) is 4.46. The van der Waals surface area contributed by atoms with E-state index in [-0.39, 0.29) is 5.91 Å². The van der Waals surface area contributed by atoms with E-state index in [9.17, 15) is 4.79 Å². The van der Waals surface area contributed by atoms with Crippen molar-refractivity contribution < 1.29 is 9.53 Å². The first-order valence-corrected chi connectivity index (χ1v) is 10.0. The predicted octanol–water partition coefficient (Wildman–Crippen LogP) is 3.94. The molecule has 2 aromatic rings. The lowest BCUT2D eigenvalue weighted by molar-refractivity contribution is -0.116. The van der Waals surface area contributed by atoms with E-state index >= 15 is 0 Å². The van der Waals surface area contributed by atoms with Gasteiger partial charge in [-0.2, -0.15) is 0 Å². The van der Waals surface area contributed by atoms with Gasteiger partial charge in [0.1, 0.15) is 11.6 Å². The molecule has 150 valence electrons. The average molecular weight is 423 g/mol. The SMILES string of the molecule is CN1CCN(c2ccc(NC(=O)CCCOc3ccc(Cl)cc3Cl)nc2)CC1. The fourth-order valence-electron chi connectivity index (χ4n) is 2.92. The van der Waals surface area contributed by atoms with E-state index in [0.29, 0.717) is 41.1 Å². The number of benzene rings is 1. The number of hydrogen-bond acceptors (Lipinski definition) is 5. The van der Waals surface area contributed by atoms with Gasteiger partial charge < -0.3 is 19.9 Å². The van der Waals surface area contributed by atoms with Gasteiger partial charge in [-0.3, -0.25) is 4.79 Å². The lowest BCUT2D eigenvalue weighted by Gasteiger charge is -2.33. The van der Waals surface area contributed by atoms with E-state index in [1.54, 1.807) is 18.2 Å². The molecule has 0 bridgehead atoms. The van der Waals surface area contributed by atoms with Gasteiger partial charge in [0.15, 0.2) is 0 Å². The highest BCUT2D eigenvalue weighted by Gasteiger charge is 2.14. The van der Waals surface area contributed by atoms with Crippen molar-refractivity contribution in [2.24, 2.45) is 0 Å². The molecule has 2 heterocycles. The van der Waals surface area contributed by atoms with Gasteiger partial charge in [0.2, 0.25) is 5.91 Å². The summed E-state index contributed by atoms with van der Waals surface area (Å²) < 4.78 is 5.59. The Morgan fingerprint density at radius 1 is 1.18 bits per heavy atom. The number of likely N-dealkylation sites (N-methyl/N-ethyl adjacent to an activating group) is 1. The lowest BCUT2D eigenvalue weighted by atomic mass is 10.2. The number of carbonyl (C=O) groups is 1. The van der Waals surface area contributed by atoms with Crippen LogP contribution in [0.4, 0.5) is 11.5 Å². The van der Waals surface area contributed by atoms with E-state index in [1.165, 1.54) is 0 Å². The number of nitrogens with zero attached hydrogens (tertiary/aromatic N) is 3. The molecule has 1 amide bonds. The molecule has 6 nitrogen and oxygen atoms in total. The molecule has 1 aromatic carbocycles. The van der Waals surface area contributed by atoms with Gasteiger partial charge in [0.25, 0.3) is 0 Å². The third-order valence-corrected chi connectivity index (χ3v) is 5.11. The van der Waals surface area contributed by atoms with Crippen LogP contribution in [0.1, 0.15) is 12.8 Å². The number of anilines is 2. The number of ether oxygens (including phenoxy) is 1. The van der Waals surface area contributed by atoms with Crippen LogP contribution in [-0.4, -0.2) is 55.6 Å². The number of rotatable bonds is 7. The average Bonchev–Trinajstić information content (AvgIpc) is 2.68. The summed E-state index contributed by atoms with van der Waals surface area (Å²) in [7, 11) is 2.13. The monoisotopic (exact) mass is 422 g/mol. The van der Waals surface area contributed by atoms with Crippen LogP contribution in [0.5, 0.6) is 5.75 Å². The first kappa shape index (κ1) is 20.7. The second-order valence-electron chi connectivity index (χ2n) is 6.77. The minimum absolute atomic E-state index is 0.0920. The van der Waals surface area contributed by atoms with Crippen molar-refractivity contribution in [3.63, 3.8) is 0 Å². The summed E-state index contributed by atoms with van der Waals surface area (Å²) in [5.41, 5.74) is 1.08. The quantitative estimate of drug-likeness (QED) is 0.684. The highest BCUT2D eigenvalue weighted by molar-refractivity contribution is 6.35. The number of pyridine rings is 1. The van der Waals surface area contributed by atoms with Gasteiger partial charge in [-0.25, -0.2) is 4.98 Å². The Kier molecular flexibility index (Phi) is 7.36. The van der Waals surface area contributed by atoms with Gasteiger partial charge in [-0.15, -0.1) is 0 Å². The molecule has 1 aromatic heterocycles. The van der Waals surface area contributed by atoms with Crippen LogP contribution >= 0.6 is 23.2 Å². The fraction of sp³-hybridized carbons (Fsp3) is 0.400. The maximum absolute atomic E-state index is 12.1. The van der Waals surface area contributed by atoms with Crippen molar-refractivity contribution in [1.29, 1.82) is 0 Å². The lowest BCUT2D eigenvalue weighted by Crippen LogP contribution is -2.44. The molecule has 1 aliphatic heterocycles. The molecule has 1 aliphatic rings. The summed E-state index contributed by atoms with van der Waals surface area (Å²) >= 11 is 11.9. The van der Waals surface area contributed by atoms with Crippen LogP contribution in [0.3, 0.4) is 0 Å². The summed E-state index contributed by atoms with van der Waals surface area (Å²) in [6.07, 6.45) is 2.73. The van der Waals surface area contributed by atoms with E-state index in [2.05, 4.69) is 27.1 Å². The zero-order chi connectivity index (χ0) is 19.9. The van der Waals surface area contributed by atoms with Gasteiger partial charge in [-0.05, 0) is 43.8 Å². The normalized spacial score (nSPS) is 14.8. The van der Waals surface area contributed by atoms with E-state index in [4.69, 9.17) is 27.9 Å². The number of carbonyl (C=O) groups excluding carboxylic acids is 1. The highest BCUT2D eigenvalue weighted by Crippen LogP contribution is 2.27. The first-order valence-electron chi connectivity index (χ1n) is 9.28. The Hall–Kier alpha value is -2.02. The molecule has 0 unspecified atom stereocenters. The molecule has 0 spiro atoms. The number of amides is 1. The van der Waals surface area contributed by atoms with Crippen molar-refractivity contribution in [2.75, 3.05) is 50.1 Å². The number of halogens is 2. The van der Waals surface area contributed by atoms with Crippen LogP contribution in [-0.2, 0) is 4.79 Å². The van der Waals surface area contributed by atoms with E-state index < -0.39 is 0 Å². The molecule has 28 heavy (non-hydrogen) atoms. The zero-order valence-corrected chi connectivity index (χ0v) is 17.3. The maximum Gasteiger partial charge on any atom is 0.225 e. The summed E-state index contributed by atoms with van der Waals surface area (Å²) in [6, 6.07) is 8.90. The third kappa shape index (κ3) is 5.99. The number of piperazine rings is 1. The van der Waals surface area contributed by atoms with Gasteiger partial charge in [0, 0.05) is 37.6 Å². The highest BCUT2D eigenvalue weighted by atomic mass is 35.5. The van der Waals surface area contributed by atoms with Crippen LogP contribution in [0.15, 0.2) is 36.5 Å². The summed E-state index contributed by atoms with van der Waals surface area (Å²) in [5, 5.41) is 3.84. The van der Waals surface area contributed by atoms with Crippen molar-refractivity contribution in [2.45, 2.75) is 12.8 Å². The maximum atomic E-state index is 12.1. The van der Waals surface area contributed by atoms with Crippen molar-refractivity contribution in [1.82, 2.24) is 9.88 Å². The molecular weight excluding hydrogens is 399 g/mol. The number of hydrogen-bond donors (Lipinski definition) is 1. The molecule has 8 heteroatoms. The van der Waals surface area contributed by atoms with Crippen molar-refractivity contribution in [3.8, 4) is 5.75 Å². The second kappa shape index (κ2) is 9.96. The van der Waals surface area contributed by atoms with Gasteiger partial charge >= 0.3 is 0 Å². The molecule has 1 fully saturated rings. The van der Waals surface area contributed by atoms with Crippen LogP contribution < -0.4 is 15.0 Å². The molecule has 3 rings (SSSR count). The molecule has 1 saturated heterocycles. The Morgan fingerprint density at radius 3 is 2.64 bits per heavy atom. The molecule has 0 atom stereocenters. The molecular formula is C20H24Cl2N4O2. The molecule has 0 radical (unpaired) electrons. The Balaban J connectivity index is 1.39. The van der Waals surface area contributed by atoms with Crippen molar-refractivity contribution in [3.05, 3.63) is 46.6 Å². The minimum atomic E-state index is -0.0920. The minimum Gasteiger partial charge on any atom is -0.492 e. The fourth-order valence-corrected chi connectivity index (χ4v) is 3.39. The van der Waals surface area contributed by atoms with Crippen molar-refractivity contribution >= 4 is 40.6 Å². The topological polar surface area (TPSA) is 57.7 Å². The van der Waals surface area contributed by atoms with E-state index in [0.717, 1.165) is 31.9 Å². The Labute approximate surface area is 175 Å². The predicted molar refractivity (Wildman–Crippen MR) is 114 cm³/mol. The van der Waals surface area contributed by atoms with E-state index in [1.807, 2.05) is 18.3 Å². The zero-order valence-electron chi connectivity index (χ0n) is 15.8. The third-order valence-electron chi connectivity index (χ3n) is 4.58. The van der Waals surface area contributed by atoms with Crippen LogP contribution in [0, 0.1) is 0 Å². The molecule has 0 saturated carbocycles. The Bertz CT molecular complexity index is 793. The van der Waals surface area contributed by atoms with Crippen LogP contribution in [0.2, 0.25) is 10.0 Å².